The molecule has 2 aromatic carbocycles. The quantitative estimate of drug-likeness (QED) is 0.574. The maximum Gasteiger partial charge on any atom is 0.255 e. The minimum absolute atomic E-state index is 0.0373. The van der Waals surface area contributed by atoms with Crippen molar-refractivity contribution in [3.05, 3.63) is 60.2 Å². The maximum atomic E-state index is 12.0. The Morgan fingerprint density at radius 3 is 2.35 bits per heavy atom. The molecule has 5 heteroatoms. The van der Waals surface area contributed by atoms with Crippen molar-refractivity contribution in [2.24, 2.45) is 5.73 Å². The normalized spacial score (nSPS) is 9.80. The van der Waals surface area contributed by atoms with E-state index in [0.717, 1.165) is 5.69 Å². The molecule has 20 heavy (non-hydrogen) atoms. The monoisotopic (exact) mass is 269 g/mol. The van der Waals surface area contributed by atoms with Gasteiger partial charge < -0.3 is 15.8 Å². The van der Waals surface area contributed by atoms with Gasteiger partial charge in [0.1, 0.15) is 18.2 Å². The summed E-state index contributed by atoms with van der Waals surface area (Å²) in [6.07, 6.45) is 0. The van der Waals surface area contributed by atoms with Gasteiger partial charge in [0, 0.05) is 11.3 Å². The summed E-state index contributed by atoms with van der Waals surface area (Å²) < 4.78 is 5.24. The van der Waals surface area contributed by atoms with Gasteiger partial charge in [0.2, 0.25) is 0 Å². The highest BCUT2D eigenvalue weighted by Gasteiger charge is 2.06. The van der Waals surface area contributed by atoms with E-state index < -0.39 is 0 Å². The Balaban J connectivity index is 1.99. The van der Waals surface area contributed by atoms with Crippen molar-refractivity contribution in [3.8, 4) is 5.75 Å². The van der Waals surface area contributed by atoms with Gasteiger partial charge in [-0.25, -0.2) is 0 Å². The summed E-state index contributed by atoms with van der Waals surface area (Å²) in [5.41, 5.74) is 6.47. The molecule has 0 aliphatic carbocycles. The topological polar surface area (TPSA) is 88.2 Å². The Hall–Kier alpha value is -2.82. The zero-order valence-corrected chi connectivity index (χ0v) is 10.8. The van der Waals surface area contributed by atoms with Crippen molar-refractivity contribution in [2.45, 2.75) is 0 Å². The molecule has 0 fully saturated rings. The van der Waals surface area contributed by atoms with Gasteiger partial charge >= 0.3 is 0 Å². The standard InChI is InChI=1S/C15H15N3O2/c16-14(17)10-20-13-8-6-11(7-9-13)15(19)18-12-4-2-1-3-5-12/h1-9H,10H2,(H3,16,17)(H,18,19). The van der Waals surface area contributed by atoms with Crippen LogP contribution in [0, 0.1) is 5.41 Å². The first-order valence-corrected chi connectivity index (χ1v) is 6.07. The van der Waals surface area contributed by atoms with Crippen molar-refractivity contribution in [1.82, 2.24) is 0 Å². The molecule has 4 N–H and O–H groups in total. The Kier molecular flexibility index (Phi) is 4.34. The summed E-state index contributed by atoms with van der Waals surface area (Å²) in [6, 6.07) is 15.9. The lowest BCUT2D eigenvalue weighted by molar-refractivity contribution is 0.102. The van der Waals surface area contributed by atoms with Crippen LogP contribution in [0.15, 0.2) is 54.6 Å². The van der Waals surface area contributed by atoms with E-state index in [-0.39, 0.29) is 18.3 Å². The second-order valence-corrected chi connectivity index (χ2v) is 4.16. The van der Waals surface area contributed by atoms with E-state index in [1.54, 1.807) is 24.3 Å². The van der Waals surface area contributed by atoms with Crippen LogP contribution in [0.1, 0.15) is 10.4 Å². The van der Waals surface area contributed by atoms with Crippen LogP contribution in [0.4, 0.5) is 5.69 Å². The van der Waals surface area contributed by atoms with Crippen LogP contribution in [0.2, 0.25) is 0 Å². The number of carbonyl (C=O) groups excluding carboxylic acids is 1. The highest BCUT2D eigenvalue weighted by atomic mass is 16.5. The number of nitrogens with one attached hydrogen (secondary N) is 2. The van der Waals surface area contributed by atoms with Crippen molar-refractivity contribution < 1.29 is 9.53 Å². The number of benzene rings is 2. The molecule has 102 valence electrons. The number of amides is 1. The third kappa shape index (κ3) is 3.84. The zero-order valence-electron chi connectivity index (χ0n) is 10.8. The molecular weight excluding hydrogens is 254 g/mol. The van der Waals surface area contributed by atoms with Gasteiger partial charge in [-0.1, -0.05) is 18.2 Å². The highest BCUT2D eigenvalue weighted by molar-refractivity contribution is 6.04. The Morgan fingerprint density at radius 1 is 1.10 bits per heavy atom. The molecule has 2 rings (SSSR count). The van der Waals surface area contributed by atoms with Crippen molar-refractivity contribution in [2.75, 3.05) is 11.9 Å². The summed E-state index contributed by atoms with van der Waals surface area (Å²) in [4.78, 5) is 12.0. The first-order chi connectivity index (χ1) is 9.65. The lowest BCUT2D eigenvalue weighted by atomic mass is 10.2. The lowest BCUT2D eigenvalue weighted by Gasteiger charge is -2.07. The van der Waals surface area contributed by atoms with Gasteiger partial charge in [-0.05, 0) is 36.4 Å². The van der Waals surface area contributed by atoms with Gasteiger partial charge in [-0.2, -0.15) is 0 Å². The minimum atomic E-state index is -0.186. The fraction of sp³-hybridized carbons (Fsp3) is 0.0667. The zero-order chi connectivity index (χ0) is 14.4. The Morgan fingerprint density at radius 2 is 1.75 bits per heavy atom. The van der Waals surface area contributed by atoms with Gasteiger partial charge in [0.15, 0.2) is 0 Å². The SMILES string of the molecule is N=C(N)COc1ccc(C(=O)Nc2ccccc2)cc1. The highest BCUT2D eigenvalue weighted by Crippen LogP contribution is 2.14. The summed E-state index contributed by atoms with van der Waals surface area (Å²) >= 11 is 0. The van der Waals surface area contributed by atoms with E-state index in [0.29, 0.717) is 11.3 Å². The van der Waals surface area contributed by atoms with Crippen LogP contribution in [0.5, 0.6) is 5.75 Å². The molecule has 0 radical (unpaired) electrons. The fourth-order valence-electron chi connectivity index (χ4n) is 1.59. The van der Waals surface area contributed by atoms with E-state index in [9.17, 15) is 4.79 Å². The van der Waals surface area contributed by atoms with E-state index in [1.807, 2.05) is 30.3 Å². The molecule has 0 aliphatic rings. The molecule has 0 spiro atoms. The number of ether oxygens (including phenoxy) is 1. The van der Waals surface area contributed by atoms with Crippen LogP contribution in [-0.2, 0) is 0 Å². The van der Waals surface area contributed by atoms with Gasteiger partial charge in [-0.3, -0.25) is 10.2 Å². The first-order valence-electron chi connectivity index (χ1n) is 6.07. The number of carbonyl (C=O) groups is 1. The summed E-state index contributed by atoms with van der Waals surface area (Å²) in [6.45, 7) is 0.0373. The van der Waals surface area contributed by atoms with E-state index >= 15 is 0 Å². The minimum Gasteiger partial charge on any atom is -0.486 e. The van der Waals surface area contributed by atoms with E-state index in [1.165, 1.54) is 0 Å². The maximum absolute atomic E-state index is 12.0. The molecule has 0 aliphatic heterocycles. The molecule has 1 amide bonds. The Labute approximate surface area is 116 Å². The predicted octanol–water partition coefficient (Wildman–Crippen LogP) is 2.25. The van der Waals surface area contributed by atoms with E-state index in [4.69, 9.17) is 15.9 Å². The molecule has 0 saturated heterocycles. The lowest BCUT2D eigenvalue weighted by Crippen LogP contribution is -2.19. The average Bonchev–Trinajstić information content (AvgIpc) is 2.46. The summed E-state index contributed by atoms with van der Waals surface area (Å²) in [7, 11) is 0. The number of nitrogens with two attached hydrogens (primary N) is 1. The molecule has 0 saturated carbocycles. The third-order valence-corrected chi connectivity index (χ3v) is 2.54. The first kappa shape index (κ1) is 13.6. The van der Waals surface area contributed by atoms with E-state index in [2.05, 4.69) is 5.32 Å². The van der Waals surface area contributed by atoms with Crippen LogP contribution >= 0.6 is 0 Å². The second kappa shape index (κ2) is 6.38. The Bertz CT molecular complexity index is 594. The fourth-order valence-corrected chi connectivity index (χ4v) is 1.59. The smallest absolute Gasteiger partial charge is 0.255 e. The molecule has 0 heterocycles. The van der Waals surface area contributed by atoms with Crippen LogP contribution < -0.4 is 15.8 Å². The summed E-state index contributed by atoms with van der Waals surface area (Å²) in [5, 5.41) is 9.86. The molecule has 5 nitrogen and oxygen atoms in total. The largest absolute Gasteiger partial charge is 0.486 e. The van der Waals surface area contributed by atoms with Crippen LogP contribution in [0.25, 0.3) is 0 Å². The van der Waals surface area contributed by atoms with Gasteiger partial charge in [0.05, 0.1) is 0 Å². The van der Waals surface area contributed by atoms with Gasteiger partial charge in [-0.15, -0.1) is 0 Å². The second-order valence-electron chi connectivity index (χ2n) is 4.16. The third-order valence-electron chi connectivity index (χ3n) is 2.54. The molecule has 0 aromatic heterocycles. The van der Waals surface area contributed by atoms with Crippen LogP contribution in [-0.4, -0.2) is 18.3 Å². The number of hydrogen-bond acceptors (Lipinski definition) is 3. The summed E-state index contributed by atoms with van der Waals surface area (Å²) in [5.74, 6) is 0.335. The predicted molar refractivity (Wildman–Crippen MR) is 78.2 cm³/mol. The number of para-hydroxylation sites is 1. The average molecular weight is 269 g/mol. The number of amidine groups is 1. The molecule has 0 unspecified atom stereocenters. The number of hydrogen-bond donors (Lipinski definition) is 3. The van der Waals surface area contributed by atoms with Gasteiger partial charge in [0.25, 0.3) is 5.91 Å². The number of anilines is 1. The molecule has 2 aromatic rings. The molecular formula is C15H15N3O2. The molecule has 0 bridgehead atoms. The molecule has 0 atom stereocenters. The van der Waals surface area contributed by atoms with Crippen molar-refractivity contribution in [1.29, 1.82) is 5.41 Å². The number of rotatable bonds is 5. The van der Waals surface area contributed by atoms with Crippen molar-refractivity contribution >= 4 is 17.4 Å². The van der Waals surface area contributed by atoms with Crippen molar-refractivity contribution in [3.63, 3.8) is 0 Å². The van der Waals surface area contributed by atoms with Crippen LogP contribution in [0.3, 0.4) is 0 Å².